The molecule has 1 aliphatic rings. The average Bonchev–Trinajstić information content (AvgIpc) is 3.72. The molecule has 0 fully saturated rings. The van der Waals surface area contributed by atoms with Gasteiger partial charge in [-0.1, -0.05) is 43.6 Å². The highest BCUT2D eigenvalue weighted by atomic mass is 35.5. The number of carbonyl (C=O) groups excluding carboxylic acids is 2. The summed E-state index contributed by atoms with van der Waals surface area (Å²) in [7, 11) is 4.31. The highest BCUT2D eigenvalue weighted by molar-refractivity contribution is 8.00. The van der Waals surface area contributed by atoms with Crippen LogP contribution in [0, 0.1) is 5.82 Å². The number of thioether (sulfide) groups is 1. The minimum atomic E-state index is -0.580. The van der Waals surface area contributed by atoms with E-state index in [1.54, 1.807) is 33.6 Å². The van der Waals surface area contributed by atoms with Gasteiger partial charge in [0.25, 0.3) is 5.91 Å². The number of rotatable bonds is 11. The third-order valence-corrected chi connectivity index (χ3v) is 10.6. The fraction of sp³-hybridized carbons (Fsp3) is 0.424. The Labute approximate surface area is 296 Å². The Balaban J connectivity index is 0.000000221. The molecule has 1 amide bonds. The fourth-order valence-electron chi connectivity index (χ4n) is 4.91. The molecule has 0 radical (unpaired) electrons. The van der Waals surface area contributed by atoms with Crippen LogP contribution in [0.5, 0.6) is 11.5 Å². The summed E-state index contributed by atoms with van der Waals surface area (Å²) in [6.45, 7) is 7.66. The van der Waals surface area contributed by atoms with Crippen molar-refractivity contribution in [3.63, 3.8) is 0 Å². The second-order valence-corrected chi connectivity index (χ2v) is 13.5. The number of esters is 1. The normalized spacial score (nSPS) is 12.9. The Hall–Kier alpha value is -4.08. The van der Waals surface area contributed by atoms with Gasteiger partial charge < -0.3 is 18.7 Å². The summed E-state index contributed by atoms with van der Waals surface area (Å²) >= 11 is 8.17. The molecule has 2 aromatic heterocycles. The number of ether oxygens (including phenoxy) is 3. The van der Waals surface area contributed by atoms with E-state index in [1.807, 2.05) is 0 Å². The second kappa shape index (κ2) is 17.0. The van der Waals surface area contributed by atoms with Gasteiger partial charge in [-0.05, 0) is 61.3 Å². The average molecular weight is 736 g/mol. The van der Waals surface area contributed by atoms with E-state index in [9.17, 15) is 18.8 Å². The minimum absolute atomic E-state index is 0.0605. The summed E-state index contributed by atoms with van der Waals surface area (Å²) in [5, 5.41) is 7.03. The van der Waals surface area contributed by atoms with Crippen molar-refractivity contribution in [2.24, 2.45) is 4.99 Å². The molecule has 0 saturated heterocycles. The van der Waals surface area contributed by atoms with Crippen LogP contribution < -0.4 is 24.5 Å². The summed E-state index contributed by atoms with van der Waals surface area (Å²) in [4.78, 5) is 41.1. The summed E-state index contributed by atoms with van der Waals surface area (Å²) in [5.74, 6) is -0.136. The number of anilines is 1. The highest BCUT2D eigenvalue weighted by Crippen LogP contribution is 2.34. The lowest BCUT2D eigenvalue weighted by atomic mass is 9.81. The smallest absolute Gasteiger partial charge is 0.325 e. The van der Waals surface area contributed by atoms with E-state index >= 15 is 0 Å². The molecule has 0 saturated carbocycles. The molecule has 264 valence electrons. The van der Waals surface area contributed by atoms with E-state index in [0.29, 0.717) is 45.7 Å². The van der Waals surface area contributed by atoms with Gasteiger partial charge in [-0.25, -0.2) is 14.1 Å². The van der Waals surface area contributed by atoms with Crippen molar-refractivity contribution in [2.75, 3.05) is 32.4 Å². The number of benzene rings is 2. The number of aromatic nitrogens is 3. The topological polar surface area (TPSA) is 139 Å². The SMILES string of the molecule is CCC(C)(CC)c1cc(NC(=O)c2c(OC)cccc2OC)on1.COC(=O)CSc1cc(/N=c2\sc(=O)n3n2CCCC3)c(F)cc1Cl. The number of amides is 1. The number of halogens is 2. The zero-order valence-electron chi connectivity index (χ0n) is 28.1. The predicted molar refractivity (Wildman–Crippen MR) is 187 cm³/mol. The van der Waals surface area contributed by atoms with Crippen LogP contribution in [0.25, 0.3) is 0 Å². The number of nitrogens with zero attached hydrogens (tertiary/aromatic N) is 4. The minimum Gasteiger partial charge on any atom is -0.496 e. The van der Waals surface area contributed by atoms with E-state index in [2.05, 4.69) is 41.0 Å². The summed E-state index contributed by atoms with van der Waals surface area (Å²) in [5.41, 5.74) is 1.15. The lowest BCUT2D eigenvalue weighted by molar-refractivity contribution is -0.137. The number of methoxy groups -OCH3 is 3. The number of hydrogen-bond acceptors (Lipinski definition) is 11. The van der Waals surface area contributed by atoms with Crippen molar-refractivity contribution >= 4 is 58.1 Å². The van der Waals surface area contributed by atoms with E-state index in [1.165, 1.54) is 27.4 Å². The van der Waals surface area contributed by atoms with Gasteiger partial charge in [0.1, 0.15) is 28.6 Å². The Morgan fingerprint density at radius 1 is 1.10 bits per heavy atom. The van der Waals surface area contributed by atoms with Crippen LogP contribution in [0.2, 0.25) is 5.02 Å². The molecular weight excluding hydrogens is 697 g/mol. The van der Waals surface area contributed by atoms with Gasteiger partial charge >= 0.3 is 10.8 Å². The predicted octanol–water partition coefficient (Wildman–Crippen LogP) is 6.82. The number of carbonyl (C=O) groups is 2. The second-order valence-electron chi connectivity index (χ2n) is 11.2. The van der Waals surface area contributed by atoms with E-state index < -0.39 is 11.8 Å². The van der Waals surface area contributed by atoms with Gasteiger partial charge in [-0.15, -0.1) is 11.8 Å². The lowest BCUT2D eigenvalue weighted by Crippen LogP contribution is -2.31. The fourth-order valence-corrected chi connectivity index (χ4v) is 6.90. The third kappa shape index (κ3) is 8.94. The molecule has 0 bridgehead atoms. The molecule has 16 heteroatoms. The van der Waals surface area contributed by atoms with Crippen molar-refractivity contribution in [3.8, 4) is 11.5 Å². The Morgan fingerprint density at radius 2 is 1.76 bits per heavy atom. The molecule has 1 aliphatic heterocycles. The van der Waals surface area contributed by atoms with Crippen LogP contribution in [0.1, 0.15) is 62.5 Å². The molecule has 49 heavy (non-hydrogen) atoms. The Morgan fingerprint density at radius 3 is 2.37 bits per heavy atom. The molecular formula is C33H39ClFN5O7S2. The summed E-state index contributed by atoms with van der Waals surface area (Å²) in [6, 6.07) is 9.58. The largest absolute Gasteiger partial charge is 0.496 e. The van der Waals surface area contributed by atoms with Crippen LogP contribution >= 0.6 is 34.7 Å². The molecule has 5 rings (SSSR count). The van der Waals surface area contributed by atoms with Crippen LogP contribution in [-0.4, -0.2) is 53.5 Å². The van der Waals surface area contributed by atoms with Gasteiger partial charge in [0.15, 0.2) is 0 Å². The first kappa shape index (κ1) is 37.7. The van der Waals surface area contributed by atoms with Gasteiger partial charge in [0, 0.05) is 29.5 Å². The molecule has 2 aromatic carbocycles. The van der Waals surface area contributed by atoms with E-state index in [4.69, 9.17) is 25.6 Å². The highest BCUT2D eigenvalue weighted by Gasteiger charge is 2.27. The van der Waals surface area contributed by atoms with Crippen LogP contribution in [0.4, 0.5) is 16.0 Å². The van der Waals surface area contributed by atoms with Gasteiger partial charge in [-0.3, -0.25) is 24.4 Å². The number of nitrogens with one attached hydrogen (secondary N) is 1. The number of hydrogen-bond donors (Lipinski definition) is 1. The Kier molecular flexibility index (Phi) is 13.1. The molecule has 1 N–H and O–H groups in total. The van der Waals surface area contributed by atoms with Crippen molar-refractivity contribution in [1.82, 2.24) is 14.5 Å². The molecule has 0 spiro atoms. The first-order chi connectivity index (χ1) is 23.5. The maximum atomic E-state index is 14.3. The first-order valence-electron chi connectivity index (χ1n) is 15.5. The molecule has 0 unspecified atom stereocenters. The van der Waals surface area contributed by atoms with Crippen molar-refractivity contribution in [3.05, 3.63) is 73.0 Å². The van der Waals surface area contributed by atoms with E-state index in [0.717, 1.165) is 60.5 Å². The van der Waals surface area contributed by atoms with Crippen LogP contribution in [-0.2, 0) is 28.0 Å². The van der Waals surface area contributed by atoms with Gasteiger partial charge in [0.05, 0.1) is 37.8 Å². The summed E-state index contributed by atoms with van der Waals surface area (Å²) < 4.78 is 38.1. The van der Waals surface area contributed by atoms with Crippen LogP contribution in [0.3, 0.4) is 0 Å². The molecule has 12 nitrogen and oxygen atoms in total. The zero-order valence-corrected chi connectivity index (χ0v) is 30.5. The molecule has 3 heterocycles. The summed E-state index contributed by atoms with van der Waals surface area (Å²) in [6.07, 6.45) is 3.76. The van der Waals surface area contributed by atoms with Crippen molar-refractivity contribution < 1.29 is 32.7 Å². The maximum Gasteiger partial charge on any atom is 0.325 e. The van der Waals surface area contributed by atoms with Gasteiger partial charge in [-0.2, -0.15) is 0 Å². The first-order valence-corrected chi connectivity index (χ1v) is 17.7. The van der Waals surface area contributed by atoms with Crippen molar-refractivity contribution in [2.45, 2.75) is 69.9 Å². The van der Waals surface area contributed by atoms with Crippen molar-refractivity contribution in [1.29, 1.82) is 0 Å². The number of fused-ring (bicyclic) bond motifs is 1. The molecule has 0 aliphatic carbocycles. The molecule has 4 aromatic rings. The molecule has 0 atom stereocenters. The maximum absolute atomic E-state index is 14.3. The quantitative estimate of drug-likeness (QED) is 0.130. The van der Waals surface area contributed by atoms with Crippen LogP contribution in [0.15, 0.2) is 55.6 Å². The van der Waals surface area contributed by atoms with E-state index in [-0.39, 0.29) is 32.7 Å². The third-order valence-electron chi connectivity index (χ3n) is 8.26. The zero-order chi connectivity index (χ0) is 35.7. The standard InChI is InChI=1S/C18H24N2O4.C15H15ClFN3O3S2/c1-6-18(3,7-2)14-11-15(24-20-14)19-17(21)16-12(22-4)9-8-10-13(16)23-5;1-23-13(21)8-24-12-7-11(10(17)6-9(12)16)18-14-19-4-2-3-5-20(19)15(22)25-14/h8-11H,6-7H2,1-5H3,(H,19,21);6-7H,2-5,8H2,1H3/b;18-14-. The monoisotopic (exact) mass is 735 g/mol. The van der Waals surface area contributed by atoms with Gasteiger partial charge in [0.2, 0.25) is 10.7 Å². The lowest BCUT2D eigenvalue weighted by Gasteiger charge is -2.22. The Bertz CT molecular complexity index is 1890.